The molecule has 1 fully saturated rings. The zero-order valence-corrected chi connectivity index (χ0v) is 21.9. The molecule has 0 saturated heterocycles. The molecule has 0 amide bonds. The first kappa shape index (κ1) is 23.8. The first-order chi connectivity index (χ1) is 16.1. The molecule has 33 heavy (non-hydrogen) atoms. The van der Waals surface area contributed by atoms with Gasteiger partial charge in [0.05, 0.1) is 8.07 Å². The van der Waals surface area contributed by atoms with Crippen LogP contribution in [0, 0.1) is 18.8 Å². The van der Waals surface area contributed by atoms with Gasteiger partial charge in [-0.1, -0.05) is 118 Å². The van der Waals surface area contributed by atoms with E-state index in [2.05, 4.69) is 95.0 Å². The summed E-state index contributed by atoms with van der Waals surface area (Å²) in [5, 5.41) is 1.53. The van der Waals surface area contributed by atoms with Crippen LogP contribution in [-0.4, -0.2) is 14.7 Å². The molecule has 2 aromatic carbocycles. The van der Waals surface area contributed by atoms with Gasteiger partial charge in [0.1, 0.15) is 12.4 Å². The zero-order chi connectivity index (χ0) is 23.4. The lowest BCUT2D eigenvalue weighted by atomic mass is 9.94. The van der Waals surface area contributed by atoms with Gasteiger partial charge in [-0.3, -0.25) is 0 Å². The van der Waals surface area contributed by atoms with Gasteiger partial charge < -0.3 is 4.74 Å². The van der Waals surface area contributed by atoms with E-state index >= 15 is 0 Å². The molecule has 2 aliphatic carbocycles. The monoisotopic (exact) mass is 456 g/mol. The minimum Gasteiger partial charge on any atom is -0.489 e. The normalized spacial score (nSPS) is 22.1. The van der Waals surface area contributed by atoms with Crippen molar-refractivity contribution in [2.45, 2.75) is 64.6 Å². The van der Waals surface area contributed by atoms with E-state index in [1.807, 2.05) is 6.08 Å². The third-order valence-corrected chi connectivity index (χ3v) is 14.3. The van der Waals surface area contributed by atoms with Crippen LogP contribution in [0.1, 0.15) is 45.6 Å². The highest BCUT2D eigenvalue weighted by atomic mass is 28.3. The van der Waals surface area contributed by atoms with Crippen LogP contribution in [0.3, 0.4) is 0 Å². The maximum atomic E-state index is 6.58. The summed E-state index contributed by atoms with van der Waals surface area (Å²) >= 11 is 0. The second kappa shape index (κ2) is 10.3. The van der Waals surface area contributed by atoms with E-state index in [1.165, 1.54) is 53.2 Å². The standard InChI is InChI=1S/C31H40OSi/c1-6-19-32-30-28(25-15-11-10-12-16-25)20-23(5)21-29(30)33(8-3,9-4)31-24(7-2)22-26-17-13-14-18-27(26)31/h6,10-16,18,20-21,24,26,31H,1,7-9,17,19,22H2,2-5H3. The number of rotatable bonds is 9. The number of hydrogen-bond donors (Lipinski definition) is 0. The average molecular weight is 457 g/mol. The van der Waals surface area contributed by atoms with E-state index < -0.39 is 8.07 Å². The molecular weight excluding hydrogens is 416 g/mol. The molecule has 174 valence electrons. The van der Waals surface area contributed by atoms with Gasteiger partial charge in [-0.25, -0.2) is 0 Å². The average Bonchev–Trinajstić information content (AvgIpc) is 3.24. The van der Waals surface area contributed by atoms with E-state index in [1.54, 1.807) is 5.57 Å². The van der Waals surface area contributed by atoms with E-state index in [9.17, 15) is 0 Å². The quantitative estimate of drug-likeness (QED) is 0.273. The zero-order valence-electron chi connectivity index (χ0n) is 20.9. The molecule has 2 heteroatoms. The van der Waals surface area contributed by atoms with Crippen molar-refractivity contribution >= 4 is 13.3 Å². The van der Waals surface area contributed by atoms with E-state index in [0.717, 1.165) is 17.6 Å². The molecule has 4 rings (SSSR count). The van der Waals surface area contributed by atoms with Gasteiger partial charge in [-0.2, -0.15) is 0 Å². The highest BCUT2D eigenvalue weighted by molar-refractivity contribution is 6.94. The van der Waals surface area contributed by atoms with Crippen molar-refractivity contribution in [3.8, 4) is 16.9 Å². The van der Waals surface area contributed by atoms with Crippen molar-refractivity contribution in [3.63, 3.8) is 0 Å². The van der Waals surface area contributed by atoms with Crippen LogP contribution < -0.4 is 9.92 Å². The molecule has 0 bridgehead atoms. The van der Waals surface area contributed by atoms with Gasteiger partial charge in [0.25, 0.3) is 0 Å². The van der Waals surface area contributed by atoms with Crippen molar-refractivity contribution in [1.82, 2.24) is 0 Å². The van der Waals surface area contributed by atoms with Gasteiger partial charge in [-0.15, -0.1) is 0 Å². The van der Waals surface area contributed by atoms with E-state index in [0.29, 0.717) is 12.1 Å². The number of aryl methyl sites for hydroxylation is 1. The van der Waals surface area contributed by atoms with Crippen molar-refractivity contribution < 1.29 is 4.74 Å². The van der Waals surface area contributed by atoms with Crippen LogP contribution in [0.15, 0.2) is 78.9 Å². The molecule has 0 radical (unpaired) electrons. The largest absolute Gasteiger partial charge is 0.489 e. The Bertz CT molecular complexity index is 1030. The summed E-state index contributed by atoms with van der Waals surface area (Å²) in [5.41, 5.74) is 6.27. The second-order valence-corrected chi connectivity index (χ2v) is 14.8. The molecule has 0 aromatic heterocycles. The smallest absolute Gasteiger partial charge is 0.126 e. The van der Waals surface area contributed by atoms with Gasteiger partial charge in [0, 0.05) is 5.56 Å². The van der Waals surface area contributed by atoms with Crippen LogP contribution in [0.4, 0.5) is 0 Å². The first-order valence-corrected chi connectivity index (χ1v) is 15.4. The Labute approximate surface area is 202 Å². The summed E-state index contributed by atoms with van der Waals surface area (Å²) in [4.78, 5) is 0. The van der Waals surface area contributed by atoms with Crippen molar-refractivity contribution in [2.24, 2.45) is 11.8 Å². The summed E-state index contributed by atoms with van der Waals surface area (Å²) in [5.74, 6) is 2.64. The fraction of sp³-hybridized carbons (Fsp3) is 0.419. The SMILES string of the molecule is C=CCOc1c(-c2ccccc2)cc(C)cc1[Si](CC)(CC)C1C2=CC=CCC2CC1CC. The van der Waals surface area contributed by atoms with Gasteiger partial charge in [0.2, 0.25) is 0 Å². The third kappa shape index (κ3) is 4.30. The summed E-state index contributed by atoms with van der Waals surface area (Å²) in [7, 11) is -1.93. The number of hydrogen-bond acceptors (Lipinski definition) is 1. The molecule has 0 heterocycles. The van der Waals surface area contributed by atoms with Crippen LogP contribution in [0.5, 0.6) is 5.75 Å². The molecular formula is C31H40OSi. The lowest BCUT2D eigenvalue weighted by Gasteiger charge is -2.42. The second-order valence-electron chi connectivity index (χ2n) is 9.93. The summed E-state index contributed by atoms with van der Waals surface area (Å²) in [6.45, 7) is 14.1. The molecule has 0 aliphatic heterocycles. The maximum absolute atomic E-state index is 6.58. The predicted octanol–water partition coefficient (Wildman–Crippen LogP) is 8.23. The first-order valence-electron chi connectivity index (χ1n) is 12.9. The molecule has 2 aliphatic rings. The van der Waals surface area contributed by atoms with E-state index in [-0.39, 0.29) is 0 Å². The Morgan fingerprint density at radius 2 is 1.85 bits per heavy atom. The highest BCUT2D eigenvalue weighted by Crippen LogP contribution is 2.56. The van der Waals surface area contributed by atoms with Crippen LogP contribution in [0.25, 0.3) is 11.1 Å². The summed E-state index contributed by atoms with van der Waals surface area (Å²) < 4.78 is 6.58. The number of benzene rings is 2. The van der Waals surface area contributed by atoms with E-state index in [4.69, 9.17) is 4.74 Å². The Kier molecular flexibility index (Phi) is 7.44. The minimum absolute atomic E-state index is 0.545. The topological polar surface area (TPSA) is 9.23 Å². The molecule has 0 N–H and O–H groups in total. The molecule has 1 saturated carbocycles. The van der Waals surface area contributed by atoms with Crippen LogP contribution >= 0.6 is 0 Å². The van der Waals surface area contributed by atoms with Crippen LogP contribution in [0.2, 0.25) is 17.6 Å². The molecule has 1 nitrogen and oxygen atoms in total. The number of ether oxygens (including phenoxy) is 1. The van der Waals surface area contributed by atoms with Crippen molar-refractivity contribution in [3.05, 3.63) is 84.5 Å². The van der Waals surface area contributed by atoms with Crippen LogP contribution in [-0.2, 0) is 0 Å². The lowest BCUT2D eigenvalue weighted by Crippen LogP contribution is -2.53. The molecule has 3 unspecified atom stereocenters. The van der Waals surface area contributed by atoms with Gasteiger partial charge >= 0.3 is 0 Å². The number of allylic oxidation sites excluding steroid dienone is 4. The van der Waals surface area contributed by atoms with Crippen molar-refractivity contribution in [2.75, 3.05) is 6.61 Å². The fourth-order valence-electron chi connectivity index (χ4n) is 6.74. The molecule has 0 spiro atoms. The lowest BCUT2D eigenvalue weighted by molar-refractivity contribution is 0.367. The summed E-state index contributed by atoms with van der Waals surface area (Å²) in [6.07, 6.45) is 12.9. The summed E-state index contributed by atoms with van der Waals surface area (Å²) in [6, 6.07) is 18.1. The van der Waals surface area contributed by atoms with Crippen molar-refractivity contribution in [1.29, 1.82) is 0 Å². The highest BCUT2D eigenvalue weighted by Gasteiger charge is 2.51. The predicted molar refractivity (Wildman–Crippen MR) is 146 cm³/mol. The third-order valence-electron chi connectivity index (χ3n) is 8.32. The Hall–Kier alpha value is -2.32. The maximum Gasteiger partial charge on any atom is 0.126 e. The number of fused-ring (bicyclic) bond motifs is 1. The molecule has 2 aromatic rings. The fourth-order valence-corrected chi connectivity index (χ4v) is 12.6. The minimum atomic E-state index is -1.93. The molecule has 3 atom stereocenters. The van der Waals surface area contributed by atoms with Gasteiger partial charge in [0.15, 0.2) is 0 Å². The van der Waals surface area contributed by atoms with Gasteiger partial charge in [-0.05, 0) is 54.0 Å². The Balaban J connectivity index is 1.97. The Morgan fingerprint density at radius 1 is 1.09 bits per heavy atom. The Morgan fingerprint density at radius 3 is 2.52 bits per heavy atom.